The number of carbonyl (C=O) groups is 2. The summed E-state index contributed by atoms with van der Waals surface area (Å²) in [5.41, 5.74) is 1.10. The summed E-state index contributed by atoms with van der Waals surface area (Å²) in [5, 5.41) is 34.7. The number of nitrogens with one attached hydrogen (secondary N) is 1. The van der Waals surface area contributed by atoms with Crippen LogP contribution in [0.15, 0.2) is 24.3 Å². The van der Waals surface area contributed by atoms with Crippen LogP contribution in [-0.4, -0.2) is 39.4 Å². The van der Waals surface area contributed by atoms with Crippen molar-refractivity contribution in [3.05, 3.63) is 34.9 Å². The lowest BCUT2D eigenvalue weighted by Crippen LogP contribution is -2.58. The minimum absolute atomic E-state index is 0.123. The first-order chi connectivity index (χ1) is 18.9. The Bertz CT molecular complexity index is 1100. The number of amides is 1. The van der Waals surface area contributed by atoms with Gasteiger partial charge in [0.2, 0.25) is 5.91 Å². The maximum atomic E-state index is 13.0. The molecule has 1 aromatic carbocycles. The number of aliphatic carboxylic acids is 1. The van der Waals surface area contributed by atoms with E-state index in [1.165, 1.54) is 6.42 Å². The number of aliphatic hydroxyl groups is 2. The molecule has 1 unspecified atom stereocenters. The molecule has 4 N–H and O–H groups in total. The minimum Gasteiger partial charge on any atom is -0.481 e. The van der Waals surface area contributed by atoms with Crippen LogP contribution in [0.4, 0.5) is 0 Å². The van der Waals surface area contributed by atoms with Gasteiger partial charge in [-0.05, 0) is 122 Å². The molecule has 1 aromatic rings. The van der Waals surface area contributed by atoms with E-state index >= 15 is 0 Å². The van der Waals surface area contributed by atoms with Crippen molar-refractivity contribution in [2.24, 2.45) is 46.3 Å². The minimum atomic E-state index is -0.964. The van der Waals surface area contributed by atoms with Crippen LogP contribution < -0.4 is 5.32 Å². The van der Waals surface area contributed by atoms with E-state index in [1.54, 1.807) is 24.3 Å². The lowest BCUT2D eigenvalue weighted by atomic mass is 9.43. The number of fused-ring (bicyclic) bond motifs is 5. The highest BCUT2D eigenvalue weighted by atomic mass is 35.5. The average molecular weight is 574 g/mol. The van der Waals surface area contributed by atoms with Crippen LogP contribution in [0.5, 0.6) is 0 Å². The fourth-order valence-corrected chi connectivity index (χ4v) is 10.4. The number of carboxylic acid groups (broad SMARTS) is 1. The van der Waals surface area contributed by atoms with Gasteiger partial charge in [-0.1, -0.05) is 44.5 Å². The number of hydrogen-bond acceptors (Lipinski definition) is 4. The molecule has 0 spiro atoms. The molecular formula is C33H48ClNO5. The van der Waals surface area contributed by atoms with E-state index in [-0.39, 0.29) is 35.4 Å². The summed E-state index contributed by atoms with van der Waals surface area (Å²) in [5.74, 6) is 1.60. The molecule has 4 saturated carbocycles. The van der Waals surface area contributed by atoms with Gasteiger partial charge in [-0.2, -0.15) is 0 Å². The van der Waals surface area contributed by atoms with Gasteiger partial charge >= 0.3 is 5.97 Å². The molecule has 11 atom stereocenters. The number of hydrogen-bond donors (Lipinski definition) is 4. The van der Waals surface area contributed by atoms with E-state index < -0.39 is 12.0 Å². The van der Waals surface area contributed by atoms with Crippen LogP contribution >= 0.6 is 11.6 Å². The van der Waals surface area contributed by atoms with E-state index in [4.69, 9.17) is 11.6 Å². The van der Waals surface area contributed by atoms with Crippen molar-refractivity contribution in [3.63, 3.8) is 0 Å². The van der Waals surface area contributed by atoms with Gasteiger partial charge < -0.3 is 20.6 Å². The first-order valence-corrected chi connectivity index (χ1v) is 15.9. The third kappa shape index (κ3) is 5.57. The summed E-state index contributed by atoms with van der Waals surface area (Å²) in [6.07, 6.45) is 8.69. The van der Waals surface area contributed by atoms with E-state index in [2.05, 4.69) is 26.1 Å². The van der Waals surface area contributed by atoms with Crippen LogP contribution in [0, 0.1) is 46.3 Å². The molecule has 40 heavy (non-hydrogen) atoms. The second-order valence-corrected chi connectivity index (χ2v) is 14.7. The Hall–Kier alpha value is -1.63. The smallest absolute Gasteiger partial charge is 0.305 e. The number of rotatable bonds is 8. The summed E-state index contributed by atoms with van der Waals surface area (Å²) in [7, 11) is 0. The lowest BCUT2D eigenvalue weighted by Gasteiger charge is -2.62. The molecular weight excluding hydrogens is 526 g/mol. The van der Waals surface area contributed by atoms with Crippen LogP contribution in [0.25, 0.3) is 0 Å². The van der Waals surface area contributed by atoms with E-state index in [9.17, 15) is 24.9 Å². The zero-order chi connectivity index (χ0) is 28.8. The average Bonchev–Trinajstić information content (AvgIpc) is 3.25. The molecule has 222 valence electrons. The maximum absolute atomic E-state index is 13.0. The van der Waals surface area contributed by atoms with Crippen LogP contribution in [-0.2, 0) is 9.59 Å². The van der Waals surface area contributed by atoms with Crippen molar-refractivity contribution in [1.82, 2.24) is 5.32 Å². The van der Waals surface area contributed by atoms with Crippen LogP contribution in [0.1, 0.15) is 103 Å². The van der Waals surface area contributed by atoms with Crippen molar-refractivity contribution < 1.29 is 24.9 Å². The molecule has 0 radical (unpaired) electrons. The molecule has 4 fully saturated rings. The molecule has 0 aromatic heterocycles. The van der Waals surface area contributed by atoms with Gasteiger partial charge in [-0.25, -0.2) is 0 Å². The van der Waals surface area contributed by atoms with E-state index in [0.717, 1.165) is 51.4 Å². The van der Waals surface area contributed by atoms with E-state index in [1.807, 2.05) is 0 Å². The fourth-order valence-electron chi connectivity index (χ4n) is 10.2. The normalized spacial score (nSPS) is 40.3. The molecule has 0 aliphatic heterocycles. The Balaban J connectivity index is 1.22. The van der Waals surface area contributed by atoms with Crippen molar-refractivity contribution in [1.29, 1.82) is 0 Å². The molecule has 6 nitrogen and oxygen atoms in total. The maximum Gasteiger partial charge on any atom is 0.305 e. The SMILES string of the molecule is C[C@H](CCC(=O)NC(CC(=O)O)c1cccc(Cl)c1)[C@H]1CC[C@H]2[C@@H]3[C@@H](O)C[C@@H]4C[C@H](O)CC[C@]4(C)[C@H]3CC[C@]12C. The van der Waals surface area contributed by atoms with Gasteiger partial charge in [0.15, 0.2) is 0 Å². The standard InChI is InChI=1S/C33H48ClNO5/c1-19(7-10-29(38)35-27(18-30(39)40)20-5-4-6-22(34)15-20)24-8-9-25-31-26(12-14-33(24,25)3)32(2)13-11-23(36)16-21(32)17-28(31)37/h4-6,15,19,21,23-28,31,36-37H,7-14,16-18H2,1-3H3,(H,35,38)(H,39,40)/t19-,21+,23-,24-,25+,26+,27?,28+,31+,32+,33-/m1/s1. The molecule has 0 saturated heterocycles. The number of carbonyl (C=O) groups excluding carboxylic acids is 1. The Kier molecular flexibility index (Phi) is 8.63. The zero-order valence-corrected chi connectivity index (χ0v) is 25.1. The molecule has 7 heteroatoms. The zero-order valence-electron chi connectivity index (χ0n) is 24.3. The monoisotopic (exact) mass is 573 g/mol. The van der Waals surface area contributed by atoms with Crippen molar-refractivity contribution in [2.45, 2.75) is 110 Å². The van der Waals surface area contributed by atoms with Gasteiger partial charge in [-0.15, -0.1) is 0 Å². The molecule has 0 bridgehead atoms. The number of benzene rings is 1. The van der Waals surface area contributed by atoms with Gasteiger partial charge in [0.05, 0.1) is 24.7 Å². The summed E-state index contributed by atoms with van der Waals surface area (Å²) in [6, 6.07) is 6.41. The highest BCUT2D eigenvalue weighted by Gasteiger charge is 2.62. The van der Waals surface area contributed by atoms with Crippen LogP contribution in [0.2, 0.25) is 5.02 Å². The molecule has 4 aliphatic rings. The molecule has 1 amide bonds. The predicted molar refractivity (Wildman–Crippen MR) is 156 cm³/mol. The van der Waals surface area contributed by atoms with Crippen molar-refractivity contribution in [2.75, 3.05) is 0 Å². The second kappa shape index (κ2) is 11.6. The van der Waals surface area contributed by atoms with Gasteiger partial charge in [0.1, 0.15) is 0 Å². The number of aliphatic hydroxyl groups excluding tert-OH is 2. The summed E-state index contributed by atoms with van der Waals surface area (Å²) in [6.45, 7) is 7.18. The first-order valence-electron chi connectivity index (χ1n) is 15.5. The quantitative estimate of drug-likeness (QED) is 0.289. The molecule has 0 heterocycles. The van der Waals surface area contributed by atoms with Crippen LogP contribution in [0.3, 0.4) is 0 Å². The predicted octanol–water partition coefficient (Wildman–Crippen LogP) is 6.38. The van der Waals surface area contributed by atoms with Gasteiger partial charge in [0.25, 0.3) is 0 Å². The highest BCUT2D eigenvalue weighted by molar-refractivity contribution is 6.30. The summed E-state index contributed by atoms with van der Waals surface area (Å²) >= 11 is 6.12. The Morgan fingerprint density at radius 3 is 2.50 bits per heavy atom. The number of halogens is 1. The molecule has 4 aliphatic carbocycles. The Morgan fingerprint density at radius 1 is 1.05 bits per heavy atom. The highest BCUT2D eigenvalue weighted by Crippen LogP contribution is 2.68. The first kappa shape index (κ1) is 29.8. The largest absolute Gasteiger partial charge is 0.481 e. The third-order valence-corrected chi connectivity index (χ3v) is 12.4. The Morgan fingerprint density at radius 2 is 1.77 bits per heavy atom. The Labute approximate surface area is 244 Å². The van der Waals surface area contributed by atoms with E-state index in [0.29, 0.717) is 52.5 Å². The molecule has 5 rings (SSSR count). The number of carboxylic acids is 1. The van der Waals surface area contributed by atoms with Crippen molar-refractivity contribution in [3.8, 4) is 0 Å². The van der Waals surface area contributed by atoms with Gasteiger partial charge in [-0.3, -0.25) is 9.59 Å². The topological polar surface area (TPSA) is 107 Å². The summed E-state index contributed by atoms with van der Waals surface area (Å²) in [4.78, 5) is 24.5. The fraction of sp³-hybridized carbons (Fsp3) is 0.758. The lowest BCUT2D eigenvalue weighted by molar-refractivity contribution is -0.174. The van der Waals surface area contributed by atoms with Crippen molar-refractivity contribution >= 4 is 23.5 Å². The second-order valence-electron chi connectivity index (χ2n) is 14.2. The van der Waals surface area contributed by atoms with Gasteiger partial charge in [0, 0.05) is 11.4 Å². The summed E-state index contributed by atoms with van der Waals surface area (Å²) < 4.78 is 0. The third-order valence-electron chi connectivity index (χ3n) is 12.2.